The molecule has 0 aromatic rings. The molecule has 0 radical (unpaired) electrons. The van der Waals surface area contributed by atoms with E-state index in [-0.39, 0.29) is 5.54 Å². The summed E-state index contributed by atoms with van der Waals surface area (Å²) >= 11 is 0. The van der Waals surface area contributed by atoms with Crippen LogP contribution in [0.5, 0.6) is 0 Å². The lowest BCUT2D eigenvalue weighted by Crippen LogP contribution is -2.41. The fourth-order valence-corrected chi connectivity index (χ4v) is 3.36. The molecule has 1 nitrogen and oxygen atoms in total. The summed E-state index contributed by atoms with van der Waals surface area (Å²) in [5.41, 5.74) is 0.258. The first-order chi connectivity index (χ1) is 6.18. The van der Waals surface area contributed by atoms with Crippen LogP contribution in [0.15, 0.2) is 0 Å². The topological polar surface area (TPSA) is 3.24 Å². The van der Waals surface area contributed by atoms with Crippen LogP contribution in [0.3, 0.4) is 0 Å². The van der Waals surface area contributed by atoms with Gasteiger partial charge in [-0.15, -0.1) is 0 Å². The van der Waals surface area contributed by atoms with E-state index in [2.05, 4.69) is 18.7 Å². The van der Waals surface area contributed by atoms with E-state index in [1.54, 1.807) is 0 Å². The van der Waals surface area contributed by atoms with Crippen LogP contribution in [-0.2, 0) is 0 Å². The maximum absolute atomic E-state index is 13.3. The molecule has 0 aliphatic carbocycles. The van der Waals surface area contributed by atoms with E-state index in [4.69, 9.17) is 0 Å². The van der Waals surface area contributed by atoms with E-state index in [1.165, 1.54) is 25.7 Å². The Hall–Kier alpha value is -0.110. The Morgan fingerprint density at radius 1 is 1.54 bits per heavy atom. The van der Waals surface area contributed by atoms with Gasteiger partial charge in [-0.25, -0.2) is 4.39 Å². The second-order valence-corrected chi connectivity index (χ2v) is 4.82. The minimum Gasteiger partial charge on any atom is -0.292 e. The summed E-state index contributed by atoms with van der Waals surface area (Å²) in [5.74, 6) is 0. The summed E-state index contributed by atoms with van der Waals surface area (Å²) in [5, 5.41) is 0. The van der Waals surface area contributed by atoms with Crippen molar-refractivity contribution in [1.82, 2.24) is 4.90 Å². The lowest BCUT2D eigenvalue weighted by molar-refractivity contribution is 0.146. The molecule has 2 saturated heterocycles. The normalized spacial score (nSPS) is 45.5. The molecule has 2 heteroatoms. The van der Waals surface area contributed by atoms with Crippen LogP contribution in [0.25, 0.3) is 0 Å². The first-order valence-electron chi connectivity index (χ1n) is 5.59. The minimum atomic E-state index is -0.561. The maximum atomic E-state index is 13.3. The molecule has 3 atom stereocenters. The lowest BCUT2D eigenvalue weighted by atomic mass is 9.89. The Balaban J connectivity index is 2.14. The van der Waals surface area contributed by atoms with Crippen LogP contribution >= 0.6 is 0 Å². The first kappa shape index (κ1) is 9.45. The maximum Gasteiger partial charge on any atom is 0.115 e. The average Bonchev–Trinajstić information content (AvgIpc) is 2.51. The van der Waals surface area contributed by atoms with Gasteiger partial charge in [-0.1, -0.05) is 13.3 Å². The molecule has 2 aliphatic heterocycles. The van der Waals surface area contributed by atoms with Crippen molar-refractivity contribution in [3.05, 3.63) is 0 Å². The first-order valence-corrected chi connectivity index (χ1v) is 5.59. The molecule has 0 unspecified atom stereocenters. The van der Waals surface area contributed by atoms with Gasteiger partial charge in [0.1, 0.15) is 6.17 Å². The molecule has 0 bridgehead atoms. The predicted molar refractivity (Wildman–Crippen MR) is 52.6 cm³/mol. The highest BCUT2D eigenvalue weighted by atomic mass is 19.1. The van der Waals surface area contributed by atoms with Gasteiger partial charge in [-0.2, -0.15) is 0 Å². The summed E-state index contributed by atoms with van der Waals surface area (Å²) in [4.78, 5) is 2.43. The predicted octanol–water partition coefficient (Wildman–Crippen LogP) is 2.75. The van der Waals surface area contributed by atoms with Crippen molar-refractivity contribution in [3.8, 4) is 0 Å². The quantitative estimate of drug-likeness (QED) is 0.639. The monoisotopic (exact) mass is 185 g/mol. The van der Waals surface area contributed by atoms with Gasteiger partial charge in [0.25, 0.3) is 0 Å². The second-order valence-electron chi connectivity index (χ2n) is 4.82. The summed E-state index contributed by atoms with van der Waals surface area (Å²) in [6.45, 7) is 5.15. The van der Waals surface area contributed by atoms with Gasteiger partial charge in [-0.05, 0) is 32.6 Å². The van der Waals surface area contributed by atoms with Crippen molar-refractivity contribution in [1.29, 1.82) is 0 Å². The fraction of sp³-hybridized carbons (Fsp3) is 1.00. The summed E-state index contributed by atoms with van der Waals surface area (Å²) in [6.07, 6.45) is 5.11. The third-order valence-electron chi connectivity index (χ3n) is 3.88. The highest BCUT2D eigenvalue weighted by Gasteiger charge is 2.50. The number of hydrogen-bond acceptors (Lipinski definition) is 1. The SMILES string of the molecule is CCC[C@@]12CC[C@H](C)N1C[C@H](F)C2. The smallest absolute Gasteiger partial charge is 0.115 e. The molecule has 0 N–H and O–H groups in total. The van der Waals surface area contributed by atoms with E-state index >= 15 is 0 Å². The van der Waals surface area contributed by atoms with Crippen molar-refractivity contribution in [2.24, 2.45) is 0 Å². The number of hydrogen-bond donors (Lipinski definition) is 0. The Kier molecular flexibility index (Phi) is 2.35. The fourth-order valence-electron chi connectivity index (χ4n) is 3.36. The highest BCUT2D eigenvalue weighted by molar-refractivity contribution is 5.05. The second kappa shape index (κ2) is 3.23. The van der Waals surface area contributed by atoms with Crippen LogP contribution < -0.4 is 0 Å². The zero-order chi connectivity index (χ0) is 9.47. The van der Waals surface area contributed by atoms with Crippen LogP contribution in [0.4, 0.5) is 4.39 Å². The molecule has 13 heavy (non-hydrogen) atoms. The number of alkyl halides is 1. The summed E-state index contributed by atoms with van der Waals surface area (Å²) in [7, 11) is 0. The largest absolute Gasteiger partial charge is 0.292 e. The van der Waals surface area contributed by atoms with Gasteiger partial charge in [0, 0.05) is 18.1 Å². The van der Waals surface area contributed by atoms with Crippen LogP contribution in [-0.4, -0.2) is 29.2 Å². The van der Waals surface area contributed by atoms with E-state index in [1.807, 2.05) is 0 Å². The van der Waals surface area contributed by atoms with Gasteiger partial charge in [0.2, 0.25) is 0 Å². The third kappa shape index (κ3) is 1.39. The minimum absolute atomic E-state index is 0.258. The van der Waals surface area contributed by atoms with Gasteiger partial charge in [-0.3, -0.25) is 4.90 Å². The number of fused-ring (bicyclic) bond motifs is 1. The Labute approximate surface area is 80.3 Å². The van der Waals surface area contributed by atoms with Crippen molar-refractivity contribution in [3.63, 3.8) is 0 Å². The van der Waals surface area contributed by atoms with E-state index in [0.29, 0.717) is 12.6 Å². The Bertz CT molecular complexity index is 191. The number of halogens is 1. The molecule has 2 heterocycles. The van der Waals surface area contributed by atoms with Crippen LogP contribution in [0.1, 0.15) is 46.0 Å². The number of nitrogens with zero attached hydrogens (tertiary/aromatic N) is 1. The zero-order valence-electron chi connectivity index (χ0n) is 8.72. The van der Waals surface area contributed by atoms with Crippen molar-refractivity contribution >= 4 is 0 Å². The van der Waals surface area contributed by atoms with Crippen molar-refractivity contribution in [2.45, 2.75) is 63.7 Å². The molecule has 2 aliphatic rings. The average molecular weight is 185 g/mol. The van der Waals surface area contributed by atoms with Gasteiger partial charge < -0.3 is 0 Å². The molecule has 2 fully saturated rings. The molecule has 0 saturated carbocycles. The van der Waals surface area contributed by atoms with E-state index in [0.717, 1.165) is 6.42 Å². The molecule has 0 aromatic carbocycles. The van der Waals surface area contributed by atoms with Crippen LogP contribution in [0, 0.1) is 0 Å². The Morgan fingerprint density at radius 3 is 3.00 bits per heavy atom. The molecule has 2 rings (SSSR count). The number of rotatable bonds is 2. The molecule has 0 aromatic heterocycles. The van der Waals surface area contributed by atoms with Gasteiger partial charge >= 0.3 is 0 Å². The van der Waals surface area contributed by atoms with Crippen LogP contribution in [0.2, 0.25) is 0 Å². The van der Waals surface area contributed by atoms with Crippen molar-refractivity contribution in [2.75, 3.05) is 6.54 Å². The highest BCUT2D eigenvalue weighted by Crippen LogP contribution is 2.45. The van der Waals surface area contributed by atoms with Gasteiger partial charge in [0.05, 0.1) is 0 Å². The summed E-state index contributed by atoms with van der Waals surface area (Å²) in [6, 6.07) is 0.618. The molecule has 0 spiro atoms. The van der Waals surface area contributed by atoms with Crippen molar-refractivity contribution < 1.29 is 4.39 Å². The molecular weight excluding hydrogens is 165 g/mol. The van der Waals surface area contributed by atoms with E-state index < -0.39 is 6.17 Å². The molecule has 0 amide bonds. The molecule has 76 valence electrons. The molecular formula is C11H20FN. The van der Waals surface area contributed by atoms with E-state index in [9.17, 15) is 4.39 Å². The zero-order valence-corrected chi connectivity index (χ0v) is 8.72. The summed E-state index contributed by atoms with van der Waals surface area (Å²) < 4.78 is 13.3. The lowest BCUT2D eigenvalue weighted by Gasteiger charge is -2.33. The van der Waals surface area contributed by atoms with Gasteiger partial charge in [0.15, 0.2) is 0 Å². The Morgan fingerprint density at radius 2 is 2.31 bits per heavy atom. The standard InChI is InChI=1S/C11H20FN/c1-3-5-11-6-4-9(2)13(11)8-10(12)7-11/h9-10H,3-8H2,1-2H3/t9-,10+,11-/m0/s1. The third-order valence-corrected chi connectivity index (χ3v) is 3.88.